The number of carbonyl (C=O) groups excluding carboxylic acids is 2. The van der Waals surface area contributed by atoms with Crippen LogP contribution in [-0.4, -0.2) is 11.8 Å². The Morgan fingerprint density at radius 3 is 2.55 bits per heavy atom. The van der Waals surface area contributed by atoms with Crippen LogP contribution in [0, 0.1) is 5.92 Å². The quantitative estimate of drug-likeness (QED) is 0.814. The fourth-order valence-electron chi connectivity index (χ4n) is 2.96. The lowest BCUT2D eigenvalue weighted by molar-refractivity contribution is -0.126. The highest BCUT2D eigenvalue weighted by atomic mass is 32.1. The smallest absolute Gasteiger partial charge is 0.273 e. The van der Waals surface area contributed by atoms with E-state index in [0.29, 0.717) is 4.88 Å². The van der Waals surface area contributed by atoms with Crippen molar-refractivity contribution in [3.63, 3.8) is 0 Å². The molecule has 122 valence electrons. The summed E-state index contributed by atoms with van der Waals surface area (Å²) < 4.78 is 0. The lowest BCUT2D eigenvalue weighted by Crippen LogP contribution is -2.44. The average Bonchev–Trinajstić information content (AvgIpc) is 2.96. The van der Waals surface area contributed by atoms with Gasteiger partial charge in [0.05, 0.1) is 4.88 Å². The Bertz CT molecular complexity index is 519. The second-order valence-electron chi connectivity index (χ2n) is 5.94. The van der Waals surface area contributed by atoms with Gasteiger partial charge in [0.15, 0.2) is 0 Å². The Hall–Kier alpha value is -1.36. The predicted octanol–water partition coefficient (Wildman–Crippen LogP) is 3.60. The Morgan fingerprint density at radius 2 is 1.91 bits per heavy atom. The van der Waals surface area contributed by atoms with E-state index in [2.05, 4.69) is 24.7 Å². The van der Waals surface area contributed by atoms with E-state index in [1.807, 2.05) is 6.07 Å². The maximum Gasteiger partial charge on any atom is 0.279 e. The number of nitrogens with one attached hydrogen (secondary N) is 2. The predicted molar refractivity (Wildman–Crippen MR) is 89.9 cm³/mol. The van der Waals surface area contributed by atoms with Gasteiger partial charge in [-0.1, -0.05) is 39.5 Å². The molecule has 2 N–H and O–H groups in total. The second kappa shape index (κ2) is 8.32. The second-order valence-corrected chi connectivity index (χ2v) is 7.08. The zero-order chi connectivity index (χ0) is 15.9. The molecule has 1 fully saturated rings. The van der Waals surface area contributed by atoms with Crippen molar-refractivity contribution >= 4 is 23.2 Å². The van der Waals surface area contributed by atoms with Gasteiger partial charge in [-0.05, 0) is 37.3 Å². The Labute approximate surface area is 136 Å². The van der Waals surface area contributed by atoms with Gasteiger partial charge in [0.1, 0.15) is 0 Å². The third-order valence-corrected chi connectivity index (χ3v) is 5.49. The first-order chi connectivity index (χ1) is 10.7. The van der Waals surface area contributed by atoms with Crippen LogP contribution < -0.4 is 10.9 Å². The summed E-state index contributed by atoms with van der Waals surface area (Å²) >= 11 is 1.54. The highest BCUT2D eigenvalue weighted by Gasteiger charge is 2.22. The molecular weight excluding hydrogens is 296 g/mol. The third-order valence-electron chi connectivity index (χ3n) is 4.25. The van der Waals surface area contributed by atoms with Crippen molar-refractivity contribution < 1.29 is 9.59 Å². The topological polar surface area (TPSA) is 58.2 Å². The molecule has 0 radical (unpaired) electrons. The fourth-order valence-corrected chi connectivity index (χ4v) is 4.21. The third kappa shape index (κ3) is 4.32. The maximum absolute atomic E-state index is 12.2. The van der Waals surface area contributed by atoms with Crippen LogP contribution in [0.2, 0.25) is 0 Å². The number of hydrazine groups is 1. The van der Waals surface area contributed by atoms with Crippen molar-refractivity contribution in [3.05, 3.63) is 21.4 Å². The molecule has 0 bridgehead atoms. The van der Waals surface area contributed by atoms with E-state index in [1.54, 1.807) is 11.3 Å². The van der Waals surface area contributed by atoms with Crippen molar-refractivity contribution in [2.75, 3.05) is 0 Å². The van der Waals surface area contributed by atoms with Crippen molar-refractivity contribution in [2.45, 2.75) is 65.2 Å². The molecule has 1 aromatic rings. The van der Waals surface area contributed by atoms with Gasteiger partial charge >= 0.3 is 0 Å². The van der Waals surface area contributed by atoms with E-state index < -0.39 is 0 Å². The van der Waals surface area contributed by atoms with Crippen LogP contribution in [0.3, 0.4) is 0 Å². The van der Waals surface area contributed by atoms with E-state index in [1.165, 1.54) is 16.9 Å². The van der Waals surface area contributed by atoms with Crippen LogP contribution in [0.4, 0.5) is 0 Å². The number of hydrogen-bond acceptors (Lipinski definition) is 3. The molecule has 0 aromatic carbocycles. The summed E-state index contributed by atoms with van der Waals surface area (Å²) in [6, 6.07) is 1.96. The first-order valence-corrected chi connectivity index (χ1v) is 9.19. The molecule has 1 saturated carbocycles. The molecule has 2 amide bonds. The van der Waals surface area contributed by atoms with Gasteiger partial charge < -0.3 is 0 Å². The Balaban J connectivity index is 1.90. The normalized spacial score (nSPS) is 15.5. The summed E-state index contributed by atoms with van der Waals surface area (Å²) in [5.41, 5.74) is 6.42. The summed E-state index contributed by atoms with van der Waals surface area (Å²) in [5.74, 6) is -0.195. The van der Waals surface area contributed by atoms with Gasteiger partial charge in [-0.2, -0.15) is 0 Å². The average molecular weight is 322 g/mol. The van der Waals surface area contributed by atoms with Crippen molar-refractivity contribution in [1.82, 2.24) is 10.9 Å². The van der Waals surface area contributed by atoms with E-state index in [9.17, 15) is 9.59 Å². The molecule has 5 heteroatoms. The van der Waals surface area contributed by atoms with Crippen LogP contribution in [0.15, 0.2) is 6.07 Å². The van der Waals surface area contributed by atoms with Gasteiger partial charge in [-0.25, -0.2) is 0 Å². The van der Waals surface area contributed by atoms with Crippen molar-refractivity contribution in [3.8, 4) is 0 Å². The molecule has 1 aliphatic rings. The summed E-state index contributed by atoms with van der Waals surface area (Å²) in [4.78, 5) is 26.2. The van der Waals surface area contributed by atoms with Crippen LogP contribution in [0.5, 0.6) is 0 Å². The lowest BCUT2D eigenvalue weighted by Gasteiger charge is -2.20. The summed E-state index contributed by atoms with van der Waals surface area (Å²) in [6.45, 7) is 4.25. The number of carbonyl (C=O) groups is 2. The molecule has 1 heterocycles. The van der Waals surface area contributed by atoms with E-state index in [-0.39, 0.29) is 17.7 Å². The van der Waals surface area contributed by atoms with Gasteiger partial charge in [0.2, 0.25) is 5.91 Å². The van der Waals surface area contributed by atoms with E-state index >= 15 is 0 Å². The van der Waals surface area contributed by atoms with Crippen molar-refractivity contribution in [1.29, 1.82) is 0 Å². The monoisotopic (exact) mass is 322 g/mol. The highest BCUT2D eigenvalue weighted by molar-refractivity contribution is 7.14. The zero-order valence-corrected chi connectivity index (χ0v) is 14.4. The highest BCUT2D eigenvalue weighted by Crippen LogP contribution is 2.25. The van der Waals surface area contributed by atoms with Crippen LogP contribution in [0.1, 0.15) is 72.5 Å². The number of hydrogen-bond donors (Lipinski definition) is 2. The van der Waals surface area contributed by atoms with Gasteiger partial charge in [-0.15, -0.1) is 11.3 Å². The molecule has 4 nitrogen and oxygen atoms in total. The lowest BCUT2D eigenvalue weighted by atomic mass is 9.89. The van der Waals surface area contributed by atoms with E-state index in [0.717, 1.165) is 44.9 Å². The minimum atomic E-state index is -0.203. The van der Waals surface area contributed by atoms with Crippen LogP contribution >= 0.6 is 11.3 Å². The molecule has 1 aliphatic carbocycles. The number of amides is 2. The molecule has 0 aliphatic heterocycles. The SMILES string of the molecule is CCCc1sc(C(=O)NNC(=O)C2CCCCC2)cc1CC. The first kappa shape index (κ1) is 17.0. The van der Waals surface area contributed by atoms with Gasteiger partial charge in [0.25, 0.3) is 5.91 Å². The first-order valence-electron chi connectivity index (χ1n) is 8.37. The number of rotatable bonds is 5. The molecule has 22 heavy (non-hydrogen) atoms. The molecule has 0 spiro atoms. The van der Waals surface area contributed by atoms with E-state index in [4.69, 9.17) is 0 Å². The zero-order valence-electron chi connectivity index (χ0n) is 13.5. The summed E-state index contributed by atoms with van der Waals surface area (Å²) in [6.07, 6.45) is 8.32. The largest absolute Gasteiger partial charge is 0.279 e. The molecule has 0 atom stereocenters. The van der Waals surface area contributed by atoms with Gasteiger partial charge in [0, 0.05) is 10.8 Å². The standard InChI is InChI=1S/C17H26N2O2S/c1-3-8-14-12(4-2)11-15(22-14)17(21)19-18-16(20)13-9-6-5-7-10-13/h11,13H,3-10H2,1-2H3,(H,18,20)(H,19,21). The number of aryl methyl sites for hydroxylation is 2. The van der Waals surface area contributed by atoms with Crippen molar-refractivity contribution in [2.24, 2.45) is 5.92 Å². The fraction of sp³-hybridized carbons (Fsp3) is 0.647. The van der Waals surface area contributed by atoms with Crippen LogP contribution in [0.25, 0.3) is 0 Å². The summed E-state index contributed by atoms with van der Waals surface area (Å²) in [7, 11) is 0. The number of thiophene rings is 1. The molecule has 0 saturated heterocycles. The minimum Gasteiger partial charge on any atom is -0.273 e. The van der Waals surface area contributed by atoms with Gasteiger partial charge in [-0.3, -0.25) is 20.4 Å². The summed E-state index contributed by atoms with van der Waals surface area (Å²) in [5, 5.41) is 0. The Kier molecular flexibility index (Phi) is 6.43. The van der Waals surface area contributed by atoms with Crippen LogP contribution in [-0.2, 0) is 17.6 Å². The Morgan fingerprint density at radius 1 is 1.18 bits per heavy atom. The maximum atomic E-state index is 12.2. The molecule has 0 unspecified atom stereocenters. The minimum absolute atomic E-state index is 0.0471. The molecular formula is C17H26N2O2S. The molecule has 2 rings (SSSR count). The molecule has 1 aromatic heterocycles.